The summed E-state index contributed by atoms with van der Waals surface area (Å²) in [6, 6.07) is 0.588. The van der Waals surface area contributed by atoms with Crippen molar-refractivity contribution < 1.29 is 27.1 Å². The quantitative estimate of drug-likeness (QED) is 0.672. The van der Waals surface area contributed by atoms with Crippen molar-refractivity contribution in [3.63, 3.8) is 0 Å². The summed E-state index contributed by atoms with van der Waals surface area (Å²) in [6.45, 7) is -1.01. The Kier molecular flexibility index (Phi) is 3.84. The highest BCUT2D eigenvalue weighted by Crippen LogP contribution is 2.35. The van der Waals surface area contributed by atoms with Gasteiger partial charge >= 0.3 is 6.18 Å². The molecule has 0 amide bonds. The third kappa shape index (κ3) is 2.67. The van der Waals surface area contributed by atoms with E-state index in [1.165, 1.54) is 0 Å². The van der Waals surface area contributed by atoms with Crippen LogP contribution in [0.4, 0.5) is 22.0 Å². The van der Waals surface area contributed by atoms with E-state index in [9.17, 15) is 22.0 Å². The molecule has 0 fully saturated rings. The lowest BCUT2D eigenvalue weighted by atomic mass is 10.1. The highest BCUT2D eigenvalue weighted by Gasteiger charge is 2.36. The van der Waals surface area contributed by atoms with Gasteiger partial charge in [0, 0.05) is 5.56 Å². The first-order valence-corrected chi connectivity index (χ1v) is 4.72. The molecule has 0 bridgehead atoms. The van der Waals surface area contributed by atoms with Crippen LogP contribution >= 0.6 is 15.9 Å². The third-order valence-corrected chi connectivity index (χ3v) is 2.39. The van der Waals surface area contributed by atoms with E-state index in [4.69, 9.17) is 5.11 Å². The van der Waals surface area contributed by atoms with Crippen molar-refractivity contribution in [2.24, 2.45) is 0 Å². The number of aromatic nitrogens is 1. The highest BCUT2D eigenvalue weighted by atomic mass is 79.9. The van der Waals surface area contributed by atoms with Gasteiger partial charge in [-0.25, -0.2) is 13.8 Å². The molecule has 0 saturated heterocycles. The monoisotopic (exact) mass is 305 g/mol. The summed E-state index contributed by atoms with van der Waals surface area (Å²) in [5.41, 5.74) is -2.73. The predicted octanol–water partition coefficient (Wildman–Crippen LogP) is 3.29. The fraction of sp³-hybridized carbons (Fsp3) is 0.375. The Bertz CT molecular complexity index is 393. The van der Waals surface area contributed by atoms with Gasteiger partial charge in [-0.1, -0.05) is 0 Å². The van der Waals surface area contributed by atoms with E-state index in [1.807, 2.05) is 0 Å². The maximum Gasteiger partial charge on any atom is 0.433 e. The summed E-state index contributed by atoms with van der Waals surface area (Å²) in [4.78, 5) is 2.99. The average Bonchev–Trinajstić information content (AvgIpc) is 2.15. The summed E-state index contributed by atoms with van der Waals surface area (Å²) in [7, 11) is 0. The second kappa shape index (κ2) is 4.62. The Morgan fingerprint density at radius 1 is 1.38 bits per heavy atom. The lowest BCUT2D eigenvalue weighted by Crippen LogP contribution is -2.13. The zero-order valence-corrected chi connectivity index (χ0v) is 9.11. The van der Waals surface area contributed by atoms with Crippen molar-refractivity contribution in [2.45, 2.75) is 19.2 Å². The predicted molar refractivity (Wildman–Crippen MR) is 47.8 cm³/mol. The minimum atomic E-state index is -4.79. The molecular weight excluding hydrogens is 301 g/mol. The van der Waals surface area contributed by atoms with E-state index >= 15 is 0 Å². The van der Waals surface area contributed by atoms with Crippen LogP contribution < -0.4 is 0 Å². The van der Waals surface area contributed by atoms with Gasteiger partial charge in [0.05, 0.1) is 12.2 Å². The molecule has 1 rings (SSSR count). The second-order valence-electron chi connectivity index (χ2n) is 2.83. The molecule has 0 unspecified atom stereocenters. The molecule has 0 aliphatic rings. The normalized spacial score (nSPS) is 12.2. The van der Waals surface area contributed by atoms with Crippen LogP contribution in [0.25, 0.3) is 0 Å². The summed E-state index contributed by atoms with van der Waals surface area (Å²) in [5, 5.41) is 8.68. The smallest absolute Gasteiger partial charge is 0.392 e. The van der Waals surface area contributed by atoms with Gasteiger partial charge in [0.2, 0.25) is 0 Å². The van der Waals surface area contributed by atoms with E-state index in [0.29, 0.717) is 6.07 Å². The molecule has 1 heterocycles. The van der Waals surface area contributed by atoms with E-state index in [-0.39, 0.29) is 0 Å². The Hall–Kier alpha value is -0.760. The van der Waals surface area contributed by atoms with Crippen molar-refractivity contribution in [3.8, 4) is 0 Å². The lowest BCUT2D eigenvalue weighted by molar-refractivity contribution is -0.142. The molecule has 90 valence electrons. The topological polar surface area (TPSA) is 33.1 Å². The number of alkyl halides is 5. The average molecular weight is 306 g/mol. The van der Waals surface area contributed by atoms with Crippen LogP contribution in [-0.2, 0) is 12.8 Å². The number of halogens is 6. The van der Waals surface area contributed by atoms with Crippen LogP contribution in [0.1, 0.15) is 23.2 Å². The SMILES string of the molecule is OCc1cc(C(F)F)c(Br)nc1C(F)(F)F. The summed E-state index contributed by atoms with van der Waals surface area (Å²) < 4.78 is 61.2. The number of hydrogen-bond donors (Lipinski definition) is 1. The van der Waals surface area contributed by atoms with Gasteiger partial charge in [0.25, 0.3) is 6.43 Å². The molecule has 1 aromatic heterocycles. The Morgan fingerprint density at radius 2 is 1.94 bits per heavy atom. The maximum absolute atomic E-state index is 12.4. The van der Waals surface area contributed by atoms with E-state index in [0.717, 1.165) is 0 Å². The summed E-state index contributed by atoms with van der Waals surface area (Å²) >= 11 is 2.53. The fourth-order valence-corrected chi connectivity index (χ4v) is 1.53. The molecular formula is C8H5BrF5NO. The molecule has 0 spiro atoms. The molecule has 0 aliphatic heterocycles. The van der Waals surface area contributed by atoms with Crippen LogP contribution in [0.3, 0.4) is 0 Å². The fourth-order valence-electron chi connectivity index (χ4n) is 1.07. The molecule has 8 heteroatoms. The lowest BCUT2D eigenvalue weighted by Gasteiger charge is -2.13. The number of aliphatic hydroxyl groups is 1. The van der Waals surface area contributed by atoms with Crippen molar-refractivity contribution >= 4 is 15.9 Å². The van der Waals surface area contributed by atoms with Gasteiger partial charge in [0.15, 0.2) is 5.69 Å². The Labute approximate surface area is 95.2 Å². The zero-order valence-electron chi connectivity index (χ0n) is 7.52. The minimum Gasteiger partial charge on any atom is -0.392 e. The highest BCUT2D eigenvalue weighted by molar-refractivity contribution is 9.10. The minimum absolute atomic E-state index is 0.577. The van der Waals surface area contributed by atoms with E-state index < -0.39 is 40.6 Å². The number of pyridine rings is 1. The zero-order chi connectivity index (χ0) is 12.5. The third-order valence-electron chi connectivity index (χ3n) is 1.76. The van der Waals surface area contributed by atoms with Gasteiger partial charge in [-0.15, -0.1) is 0 Å². The van der Waals surface area contributed by atoms with Crippen molar-refractivity contribution in [3.05, 3.63) is 27.5 Å². The number of aliphatic hydroxyl groups excluding tert-OH is 1. The van der Waals surface area contributed by atoms with Crippen molar-refractivity contribution in [2.75, 3.05) is 0 Å². The molecule has 1 aromatic rings. The van der Waals surface area contributed by atoms with Gasteiger partial charge in [-0.3, -0.25) is 0 Å². The molecule has 2 nitrogen and oxygen atoms in total. The van der Waals surface area contributed by atoms with Gasteiger partial charge in [0.1, 0.15) is 4.60 Å². The van der Waals surface area contributed by atoms with E-state index in [2.05, 4.69) is 20.9 Å². The van der Waals surface area contributed by atoms with Gasteiger partial charge in [-0.05, 0) is 22.0 Å². The van der Waals surface area contributed by atoms with Gasteiger partial charge < -0.3 is 5.11 Å². The molecule has 0 aromatic carbocycles. The maximum atomic E-state index is 12.4. The van der Waals surface area contributed by atoms with Crippen LogP contribution in [0, 0.1) is 0 Å². The first-order valence-electron chi connectivity index (χ1n) is 3.93. The number of nitrogens with zero attached hydrogens (tertiary/aromatic N) is 1. The molecule has 0 radical (unpaired) electrons. The Balaban J connectivity index is 3.38. The standard InChI is InChI=1S/C8H5BrF5NO/c9-6-4(7(10)11)1-3(2-16)5(15-6)8(12,13)14/h1,7,16H,2H2. The summed E-state index contributed by atoms with van der Waals surface area (Å²) in [5.74, 6) is 0. The van der Waals surface area contributed by atoms with Crippen molar-refractivity contribution in [1.82, 2.24) is 4.98 Å². The first-order chi connectivity index (χ1) is 7.27. The molecule has 1 N–H and O–H groups in total. The second-order valence-corrected chi connectivity index (χ2v) is 3.58. The van der Waals surface area contributed by atoms with Crippen LogP contribution in [0.15, 0.2) is 10.7 Å². The van der Waals surface area contributed by atoms with Gasteiger partial charge in [-0.2, -0.15) is 13.2 Å². The van der Waals surface area contributed by atoms with Crippen LogP contribution in [0.5, 0.6) is 0 Å². The summed E-state index contributed by atoms with van der Waals surface area (Å²) in [6.07, 6.45) is -7.75. The largest absolute Gasteiger partial charge is 0.433 e. The Morgan fingerprint density at radius 3 is 2.31 bits per heavy atom. The van der Waals surface area contributed by atoms with E-state index in [1.54, 1.807) is 0 Å². The van der Waals surface area contributed by atoms with Crippen LogP contribution in [-0.4, -0.2) is 10.1 Å². The first kappa shape index (κ1) is 13.3. The number of hydrogen-bond acceptors (Lipinski definition) is 2. The van der Waals surface area contributed by atoms with Crippen LogP contribution in [0.2, 0.25) is 0 Å². The number of rotatable bonds is 2. The molecule has 16 heavy (non-hydrogen) atoms. The molecule has 0 aliphatic carbocycles. The van der Waals surface area contributed by atoms with Crippen molar-refractivity contribution in [1.29, 1.82) is 0 Å². The molecule has 0 atom stereocenters. The molecule has 0 saturated carbocycles.